The number of carbonyl (C=O) groups excluding carboxylic acids is 1. The van der Waals surface area contributed by atoms with Crippen LogP contribution in [0.2, 0.25) is 0 Å². The number of hydrogen-bond acceptors (Lipinski definition) is 3. The van der Waals surface area contributed by atoms with E-state index in [0.29, 0.717) is 18.2 Å². The van der Waals surface area contributed by atoms with Gasteiger partial charge in [-0.2, -0.15) is 0 Å². The highest BCUT2D eigenvalue weighted by molar-refractivity contribution is 5.90. The Hall–Kier alpha value is -1.55. The van der Waals surface area contributed by atoms with Crippen LogP contribution in [-0.4, -0.2) is 29.9 Å². The van der Waals surface area contributed by atoms with Crippen LogP contribution in [0, 0.1) is 0 Å². The monoisotopic (exact) mass is 275 g/mol. The van der Waals surface area contributed by atoms with E-state index < -0.39 is 0 Å². The van der Waals surface area contributed by atoms with Gasteiger partial charge < -0.3 is 11.1 Å². The Balaban J connectivity index is 1.78. The van der Waals surface area contributed by atoms with Crippen LogP contribution in [-0.2, 0) is 4.79 Å². The molecule has 4 nitrogen and oxygen atoms in total. The van der Waals surface area contributed by atoms with Crippen molar-refractivity contribution in [2.24, 2.45) is 0 Å². The van der Waals surface area contributed by atoms with E-state index in [4.69, 9.17) is 5.73 Å². The van der Waals surface area contributed by atoms with Crippen LogP contribution in [0.1, 0.15) is 39.0 Å². The molecule has 1 aromatic carbocycles. The Labute approximate surface area is 121 Å². The third-order valence-electron chi connectivity index (χ3n) is 4.04. The van der Waals surface area contributed by atoms with E-state index in [0.717, 1.165) is 18.8 Å². The zero-order chi connectivity index (χ0) is 14.4. The molecular formula is C16H25N3O. The molecule has 4 heteroatoms. The summed E-state index contributed by atoms with van der Waals surface area (Å²) in [7, 11) is 0. The minimum atomic E-state index is 0.0789. The maximum absolute atomic E-state index is 12.0. The van der Waals surface area contributed by atoms with E-state index in [1.165, 1.54) is 25.7 Å². The second-order valence-electron chi connectivity index (χ2n) is 5.51. The van der Waals surface area contributed by atoms with Crippen molar-refractivity contribution < 1.29 is 4.79 Å². The van der Waals surface area contributed by atoms with Crippen molar-refractivity contribution in [3.63, 3.8) is 0 Å². The van der Waals surface area contributed by atoms with Gasteiger partial charge in [0.2, 0.25) is 5.91 Å². The number of benzene rings is 1. The van der Waals surface area contributed by atoms with Crippen LogP contribution < -0.4 is 11.1 Å². The van der Waals surface area contributed by atoms with Crippen molar-refractivity contribution in [3.05, 3.63) is 24.3 Å². The summed E-state index contributed by atoms with van der Waals surface area (Å²) < 4.78 is 0. The number of piperidine rings is 1. The van der Waals surface area contributed by atoms with E-state index >= 15 is 0 Å². The van der Waals surface area contributed by atoms with Crippen LogP contribution in [0.3, 0.4) is 0 Å². The average molecular weight is 275 g/mol. The average Bonchev–Trinajstić information content (AvgIpc) is 2.48. The summed E-state index contributed by atoms with van der Waals surface area (Å²) in [5.41, 5.74) is 7.15. The first-order valence-corrected chi connectivity index (χ1v) is 7.58. The van der Waals surface area contributed by atoms with Gasteiger partial charge >= 0.3 is 0 Å². The molecule has 1 aromatic rings. The number of hydrogen-bond donors (Lipinski definition) is 2. The van der Waals surface area contributed by atoms with Crippen LogP contribution in [0.25, 0.3) is 0 Å². The van der Waals surface area contributed by atoms with Gasteiger partial charge in [0.15, 0.2) is 0 Å². The normalized spacial score (nSPS) is 19.8. The fraction of sp³-hybridized carbons (Fsp3) is 0.562. The van der Waals surface area contributed by atoms with Gasteiger partial charge in [0, 0.05) is 30.4 Å². The quantitative estimate of drug-likeness (QED) is 0.812. The number of nitrogens with two attached hydrogens (primary N) is 1. The highest BCUT2D eigenvalue weighted by atomic mass is 16.1. The largest absolute Gasteiger partial charge is 0.399 e. The third-order valence-corrected chi connectivity index (χ3v) is 4.04. The number of anilines is 2. The molecule has 2 rings (SSSR count). The van der Waals surface area contributed by atoms with Crippen LogP contribution in [0.4, 0.5) is 11.4 Å². The Kier molecular flexibility index (Phi) is 5.41. The summed E-state index contributed by atoms with van der Waals surface area (Å²) in [5.74, 6) is 0.0789. The lowest BCUT2D eigenvalue weighted by Gasteiger charge is -2.35. The molecule has 1 aliphatic heterocycles. The molecule has 1 unspecified atom stereocenters. The first kappa shape index (κ1) is 14.9. The van der Waals surface area contributed by atoms with Crippen molar-refractivity contribution in [2.45, 2.75) is 45.1 Å². The fourth-order valence-corrected chi connectivity index (χ4v) is 2.85. The number of nitrogens with zero attached hydrogens (tertiary/aromatic N) is 1. The van der Waals surface area contributed by atoms with Crippen molar-refractivity contribution in [3.8, 4) is 0 Å². The smallest absolute Gasteiger partial charge is 0.225 e. The van der Waals surface area contributed by atoms with Crippen molar-refractivity contribution in [1.29, 1.82) is 0 Å². The zero-order valence-electron chi connectivity index (χ0n) is 12.3. The highest BCUT2D eigenvalue weighted by Crippen LogP contribution is 2.19. The van der Waals surface area contributed by atoms with Gasteiger partial charge in [0.1, 0.15) is 0 Å². The molecular weight excluding hydrogens is 250 g/mol. The van der Waals surface area contributed by atoms with Gasteiger partial charge in [-0.25, -0.2) is 0 Å². The van der Waals surface area contributed by atoms with Crippen molar-refractivity contribution in [2.75, 3.05) is 24.1 Å². The Morgan fingerprint density at radius 3 is 2.80 bits per heavy atom. The van der Waals surface area contributed by atoms with Gasteiger partial charge in [-0.15, -0.1) is 0 Å². The summed E-state index contributed by atoms with van der Waals surface area (Å²) in [5, 5.41) is 2.92. The van der Waals surface area contributed by atoms with Gasteiger partial charge in [-0.3, -0.25) is 9.69 Å². The first-order chi connectivity index (χ1) is 9.69. The summed E-state index contributed by atoms with van der Waals surface area (Å²) in [4.78, 5) is 14.4. The third kappa shape index (κ3) is 4.23. The van der Waals surface area contributed by atoms with Gasteiger partial charge in [0.25, 0.3) is 0 Å². The number of likely N-dealkylation sites (tertiary alicyclic amines) is 1. The van der Waals surface area contributed by atoms with E-state index in [9.17, 15) is 4.79 Å². The molecule has 1 aliphatic rings. The number of nitrogens with one attached hydrogen (secondary N) is 1. The zero-order valence-corrected chi connectivity index (χ0v) is 12.3. The molecule has 0 aliphatic carbocycles. The predicted octanol–water partition coefficient (Wildman–Crippen LogP) is 2.86. The number of carbonyl (C=O) groups is 1. The molecule has 1 fully saturated rings. The lowest BCUT2D eigenvalue weighted by atomic mass is 10.00. The molecule has 0 aromatic heterocycles. The standard InChI is InChI=1S/C16H25N3O/c1-2-15-5-3-4-11-19(15)12-10-16(20)18-14-8-6-13(17)7-9-14/h6-9,15H,2-5,10-12,17H2,1H3,(H,18,20). The molecule has 0 radical (unpaired) electrons. The lowest BCUT2D eigenvalue weighted by Crippen LogP contribution is -2.40. The summed E-state index contributed by atoms with van der Waals surface area (Å²) in [6, 6.07) is 7.93. The molecule has 20 heavy (non-hydrogen) atoms. The van der Waals surface area contributed by atoms with E-state index in [1.54, 1.807) is 12.1 Å². The molecule has 0 bridgehead atoms. The first-order valence-electron chi connectivity index (χ1n) is 7.58. The molecule has 1 amide bonds. The predicted molar refractivity (Wildman–Crippen MR) is 83.6 cm³/mol. The maximum Gasteiger partial charge on any atom is 0.225 e. The lowest BCUT2D eigenvalue weighted by molar-refractivity contribution is -0.116. The molecule has 0 spiro atoms. The minimum Gasteiger partial charge on any atom is -0.399 e. The Morgan fingerprint density at radius 1 is 1.35 bits per heavy atom. The van der Waals surface area contributed by atoms with Crippen LogP contribution in [0.15, 0.2) is 24.3 Å². The summed E-state index contributed by atoms with van der Waals surface area (Å²) in [6.45, 7) is 4.23. The Morgan fingerprint density at radius 2 is 2.10 bits per heavy atom. The second-order valence-corrected chi connectivity index (χ2v) is 5.51. The molecule has 0 saturated carbocycles. The van der Waals surface area contributed by atoms with E-state index in [2.05, 4.69) is 17.1 Å². The number of nitrogen functional groups attached to an aromatic ring is 1. The number of amides is 1. The minimum absolute atomic E-state index is 0.0789. The van der Waals surface area contributed by atoms with E-state index in [1.807, 2.05) is 12.1 Å². The summed E-state index contributed by atoms with van der Waals surface area (Å²) >= 11 is 0. The van der Waals surface area contributed by atoms with Crippen LogP contribution >= 0.6 is 0 Å². The van der Waals surface area contributed by atoms with Crippen LogP contribution in [0.5, 0.6) is 0 Å². The molecule has 1 saturated heterocycles. The van der Waals surface area contributed by atoms with Crippen molar-refractivity contribution >= 4 is 17.3 Å². The van der Waals surface area contributed by atoms with Gasteiger partial charge in [0.05, 0.1) is 0 Å². The highest BCUT2D eigenvalue weighted by Gasteiger charge is 2.20. The molecule has 110 valence electrons. The van der Waals surface area contributed by atoms with Crippen molar-refractivity contribution in [1.82, 2.24) is 4.90 Å². The van der Waals surface area contributed by atoms with Gasteiger partial charge in [-0.05, 0) is 50.1 Å². The molecule has 1 heterocycles. The van der Waals surface area contributed by atoms with Gasteiger partial charge in [-0.1, -0.05) is 13.3 Å². The number of rotatable bonds is 5. The molecule has 3 N–H and O–H groups in total. The molecule has 1 atom stereocenters. The Bertz CT molecular complexity index is 430. The maximum atomic E-state index is 12.0. The van der Waals surface area contributed by atoms with E-state index in [-0.39, 0.29) is 5.91 Å². The fourth-order valence-electron chi connectivity index (χ4n) is 2.85. The second kappa shape index (κ2) is 7.29. The SMILES string of the molecule is CCC1CCCCN1CCC(=O)Nc1ccc(N)cc1. The summed E-state index contributed by atoms with van der Waals surface area (Å²) in [6.07, 6.45) is 5.60. The topological polar surface area (TPSA) is 58.4 Å².